The topological polar surface area (TPSA) is 33.7 Å². The zero-order valence-electron chi connectivity index (χ0n) is 12.2. The lowest BCUT2D eigenvalue weighted by molar-refractivity contribution is 0.0975. The van der Waals surface area contributed by atoms with Gasteiger partial charge in [0.2, 0.25) is 0 Å². The lowest BCUT2D eigenvalue weighted by Crippen LogP contribution is -2.53. The molecule has 110 valence electrons. The van der Waals surface area contributed by atoms with Gasteiger partial charge in [0, 0.05) is 25.4 Å². The summed E-state index contributed by atoms with van der Waals surface area (Å²) < 4.78 is 10.6. The van der Waals surface area contributed by atoms with Gasteiger partial charge in [-0.15, -0.1) is 0 Å². The van der Waals surface area contributed by atoms with E-state index in [2.05, 4.69) is 22.3 Å². The number of hydrogen-bond acceptors (Lipinski definition) is 4. The Bertz CT molecular complexity index is 413. The first-order valence-electron chi connectivity index (χ1n) is 7.56. The summed E-state index contributed by atoms with van der Waals surface area (Å²) in [5.74, 6) is 1.75. The number of piperidine rings is 3. The summed E-state index contributed by atoms with van der Waals surface area (Å²) >= 11 is 0. The zero-order valence-corrected chi connectivity index (χ0v) is 12.2. The molecule has 0 amide bonds. The van der Waals surface area contributed by atoms with E-state index in [0.29, 0.717) is 19.3 Å². The summed E-state index contributed by atoms with van der Waals surface area (Å²) in [6, 6.07) is 8.89. The molecule has 0 aliphatic carbocycles. The van der Waals surface area contributed by atoms with Gasteiger partial charge >= 0.3 is 0 Å². The van der Waals surface area contributed by atoms with Gasteiger partial charge in [0.15, 0.2) is 0 Å². The van der Waals surface area contributed by atoms with Gasteiger partial charge in [-0.25, -0.2) is 0 Å². The van der Waals surface area contributed by atoms with E-state index in [1.807, 2.05) is 12.1 Å². The molecular weight excluding hydrogens is 252 g/mol. The highest BCUT2D eigenvalue weighted by atomic mass is 16.5. The molecule has 1 unspecified atom stereocenters. The maximum Gasteiger partial charge on any atom is 0.119 e. The standard InChI is InChI=1S/C16H24N2O2/c1-19-10-11-20-15-4-2-14(3-5-15)17-16-12-18-8-6-13(16)7-9-18/h2-5,13,16-17H,6-12H2,1H3. The van der Waals surface area contributed by atoms with Gasteiger partial charge in [0.25, 0.3) is 0 Å². The van der Waals surface area contributed by atoms with E-state index in [4.69, 9.17) is 9.47 Å². The number of ether oxygens (including phenoxy) is 2. The summed E-state index contributed by atoms with van der Waals surface area (Å²) in [6.45, 7) is 4.99. The number of nitrogens with one attached hydrogen (secondary N) is 1. The Balaban J connectivity index is 1.53. The van der Waals surface area contributed by atoms with Crippen LogP contribution in [0.4, 0.5) is 5.69 Å². The molecule has 0 saturated carbocycles. The quantitative estimate of drug-likeness (QED) is 0.808. The van der Waals surface area contributed by atoms with Crippen LogP contribution >= 0.6 is 0 Å². The zero-order chi connectivity index (χ0) is 13.8. The van der Waals surface area contributed by atoms with Crippen molar-refractivity contribution in [2.24, 2.45) is 5.92 Å². The molecule has 0 radical (unpaired) electrons. The molecule has 2 bridgehead atoms. The Labute approximate surface area is 121 Å². The highest BCUT2D eigenvalue weighted by Crippen LogP contribution is 2.30. The molecule has 1 N–H and O–H groups in total. The van der Waals surface area contributed by atoms with Crippen molar-refractivity contribution >= 4 is 5.69 Å². The highest BCUT2D eigenvalue weighted by Gasteiger charge is 2.33. The Hall–Kier alpha value is -1.26. The van der Waals surface area contributed by atoms with E-state index < -0.39 is 0 Å². The van der Waals surface area contributed by atoms with Gasteiger partial charge in [0.1, 0.15) is 12.4 Å². The molecule has 4 nitrogen and oxygen atoms in total. The van der Waals surface area contributed by atoms with E-state index in [-0.39, 0.29) is 0 Å². The fourth-order valence-corrected chi connectivity index (χ4v) is 3.23. The first-order valence-corrected chi connectivity index (χ1v) is 7.56. The number of hydrogen-bond donors (Lipinski definition) is 1. The monoisotopic (exact) mass is 276 g/mol. The smallest absolute Gasteiger partial charge is 0.119 e. The van der Waals surface area contributed by atoms with Crippen molar-refractivity contribution in [3.05, 3.63) is 24.3 Å². The van der Waals surface area contributed by atoms with Crippen LogP contribution in [-0.4, -0.2) is 50.9 Å². The molecule has 4 heteroatoms. The van der Waals surface area contributed by atoms with Crippen LogP contribution in [0, 0.1) is 5.92 Å². The molecule has 4 rings (SSSR count). The molecule has 3 saturated heterocycles. The molecule has 3 heterocycles. The number of fused-ring (bicyclic) bond motifs is 3. The third-order valence-corrected chi connectivity index (χ3v) is 4.42. The van der Waals surface area contributed by atoms with Crippen LogP contribution in [0.5, 0.6) is 5.75 Å². The second-order valence-corrected chi connectivity index (χ2v) is 5.75. The van der Waals surface area contributed by atoms with Gasteiger partial charge in [-0.2, -0.15) is 0 Å². The van der Waals surface area contributed by atoms with E-state index in [0.717, 1.165) is 11.7 Å². The lowest BCUT2D eigenvalue weighted by Gasteiger charge is -2.45. The van der Waals surface area contributed by atoms with Gasteiger partial charge in [-0.05, 0) is 56.1 Å². The maximum atomic E-state index is 5.58. The van der Waals surface area contributed by atoms with Crippen molar-refractivity contribution in [3.63, 3.8) is 0 Å². The molecule has 20 heavy (non-hydrogen) atoms. The fourth-order valence-electron chi connectivity index (χ4n) is 3.23. The third-order valence-electron chi connectivity index (χ3n) is 4.42. The average Bonchev–Trinajstić information content (AvgIpc) is 2.51. The largest absolute Gasteiger partial charge is 0.491 e. The minimum absolute atomic E-state index is 0.600. The van der Waals surface area contributed by atoms with Gasteiger partial charge < -0.3 is 19.7 Å². The Morgan fingerprint density at radius 1 is 1.15 bits per heavy atom. The summed E-state index contributed by atoms with van der Waals surface area (Å²) in [5, 5.41) is 3.68. The molecule has 3 aliphatic heterocycles. The maximum absolute atomic E-state index is 5.58. The Kier molecular flexibility index (Phi) is 4.43. The molecule has 1 atom stereocenters. The number of anilines is 1. The lowest BCUT2D eigenvalue weighted by atomic mass is 9.84. The number of nitrogens with zero attached hydrogens (tertiary/aromatic N) is 1. The van der Waals surface area contributed by atoms with Crippen LogP contribution in [0.1, 0.15) is 12.8 Å². The van der Waals surface area contributed by atoms with Crippen molar-refractivity contribution in [1.29, 1.82) is 0 Å². The summed E-state index contributed by atoms with van der Waals surface area (Å²) in [6.07, 6.45) is 2.69. The van der Waals surface area contributed by atoms with Crippen LogP contribution in [0.15, 0.2) is 24.3 Å². The van der Waals surface area contributed by atoms with E-state index in [9.17, 15) is 0 Å². The van der Waals surface area contributed by atoms with Gasteiger partial charge in [0.05, 0.1) is 6.61 Å². The molecule has 0 aromatic heterocycles. The normalized spacial score (nSPS) is 28.4. The van der Waals surface area contributed by atoms with E-state index in [1.165, 1.54) is 38.2 Å². The first kappa shape index (κ1) is 13.7. The van der Waals surface area contributed by atoms with Crippen molar-refractivity contribution in [3.8, 4) is 5.75 Å². The SMILES string of the molecule is COCCOc1ccc(NC2CN3CCC2CC3)cc1. The van der Waals surface area contributed by atoms with Gasteiger partial charge in [-0.3, -0.25) is 0 Å². The van der Waals surface area contributed by atoms with E-state index >= 15 is 0 Å². The van der Waals surface area contributed by atoms with Crippen LogP contribution in [0.25, 0.3) is 0 Å². The molecule has 3 aliphatic rings. The molecule has 3 fully saturated rings. The van der Waals surface area contributed by atoms with Crippen LogP contribution in [-0.2, 0) is 4.74 Å². The molecule has 1 aromatic carbocycles. The fraction of sp³-hybridized carbons (Fsp3) is 0.625. The second kappa shape index (κ2) is 6.46. The predicted molar refractivity (Wildman–Crippen MR) is 80.4 cm³/mol. The summed E-state index contributed by atoms with van der Waals surface area (Å²) in [7, 11) is 1.68. The Morgan fingerprint density at radius 3 is 2.50 bits per heavy atom. The van der Waals surface area contributed by atoms with Crippen molar-refractivity contribution < 1.29 is 9.47 Å². The minimum Gasteiger partial charge on any atom is -0.491 e. The second-order valence-electron chi connectivity index (χ2n) is 5.75. The van der Waals surface area contributed by atoms with Crippen molar-refractivity contribution in [2.75, 3.05) is 45.3 Å². The first-order chi connectivity index (χ1) is 9.85. The Morgan fingerprint density at radius 2 is 1.90 bits per heavy atom. The third kappa shape index (κ3) is 3.25. The summed E-state index contributed by atoms with van der Waals surface area (Å²) in [5.41, 5.74) is 1.20. The van der Waals surface area contributed by atoms with Gasteiger partial charge in [-0.1, -0.05) is 0 Å². The number of rotatable bonds is 6. The van der Waals surface area contributed by atoms with Crippen molar-refractivity contribution in [2.45, 2.75) is 18.9 Å². The van der Waals surface area contributed by atoms with Crippen molar-refractivity contribution in [1.82, 2.24) is 4.90 Å². The summed E-state index contributed by atoms with van der Waals surface area (Å²) in [4.78, 5) is 2.57. The van der Waals surface area contributed by atoms with Crippen LogP contribution in [0.2, 0.25) is 0 Å². The van der Waals surface area contributed by atoms with Crippen LogP contribution < -0.4 is 10.1 Å². The highest BCUT2D eigenvalue weighted by molar-refractivity contribution is 5.47. The molecule has 0 spiro atoms. The van der Waals surface area contributed by atoms with E-state index in [1.54, 1.807) is 7.11 Å². The predicted octanol–water partition coefficient (Wildman–Crippen LogP) is 2.22. The van der Waals surface area contributed by atoms with Crippen LogP contribution in [0.3, 0.4) is 0 Å². The number of methoxy groups -OCH3 is 1. The average molecular weight is 276 g/mol. The molecular formula is C16H24N2O2. The molecule has 1 aromatic rings. The minimum atomic E-state index is 0.600. The number of benzene rings is 1.